The largest absolute Gasteiger partial charge is 0.376 e. The first-order chi connectivity index (χ1) is 10.7. The minimum atomic E-state index is 0.120. The number of hydrogen-bond acceptors (Lipinski definition) is 3. The van der Waals surface area contributed by atoms with Crippen LogP contribution >= 0.6 is 0 Å². The molecule has 0 bridgehead atoms. The minimum Gasteiger partial charge on any atom is -0.376 e. The normalized spacial score (nSPS) is 21.3. The van der Waals surface area contributed by atoms with Crippen LogP contribution in [-0.4, -0.2) is 42.6 Å². The Bertz CT molecular complexity index is 490. The SMILES string of the molecule is Cc1ccc(CN(CC(=O)NCC2CCCO2)C2CC2)cc1. The van der Waals surface area contributed by atoms with Gasteiger partial charge in [-0.25, -0.2) is 0 Å². The Labute approximate surface area is 132 Å². The average molecular weight is 302 g/mol. The van der Waals surface area contributed by atoms with Crippen LogP contribution in [0.25, 0.3) is 0 Å². The maximum absolute atomic E-state index is 12.2. The molecule has 1 aromatic rings. The summed E-state index contributed by atoms with van der Waals surface area (Å²) >= 11 is 0. The molecule has 1 atom stereocenters. The monoisotopic (exact) mass is 302 g/mol. The van der Waals surface area contributed by atoms with Crippen molar-refractivity contribution in [2.45, 2.75) is 51.3 Å². The van der Waals surface area contributed by atoms with E-state index in [9.17, 15) is 4.79 Å². The topological polar surface area (TPSA) is 41.6 Å². The molecule has 0 radical (unpaired) electrons. The predicted octanol–water partition coefficient (Wildman–Crippen LogP) is 2.25. The predicted molar refractivity (Wildman–Crippen MR) is 86.6 cm³/mol. The van der Waals surface area contributed by atoms with Crippen LogP contribution in [0.1, 0.15) is 36.8 Å². The van der Waals surface area contributed by atoms with Crippen LogP contribution in [0.3, 0.4) is 0 Å². The van der Waals surface area contributed by atoms with E-state index in [0.717, 1.165) is 26.0 Å². The second-order valence-corrected chi connectivity index (χ2v) is 6.56. The van der Waals surface area contributed by atoms with Crippen LogP contribution in [0.2, 0.25) is 0 Å². The van der Waals surface area contributed by atoms with Crippen LogP contribution < -0.4 is 5.32 Å². The molecular formula is C18H26N2O2. The van der Waals surface area contributed by atoms with Gasteiger partial charge in [-0.1, -0.05) is 29.8 Å². The molecule has 1 amide bonds. The first-order valence-corrected chi connectivity index (χ1v) is 8.38. The lowest BCUT2D eigenvalue weighted by Gasteiger charge is -2.22. The maximum Gasteiger partial charge on any atom is 0.234 e. The average Bonchev–Trinajstić information content (AvgIpc) is 3.23. The van der Waals surface area contributed by atoms with Gasteiger partial charge in [0.1, 0.15) is 0 Å². The second kappa shape index (κ2) is 7.25. The summed E-state index contributed by atoms with van der Waals surface area (Å²) < 4.78 is 5.55. The van der Waals surface area contributed by atoms with Crippen molar-refractivity contribution in [1.29, 1.82) is 0 Å². The maximum atomic E-state index is 12.2. The Kier molecular flexibility index (Phi) is 5.11. The molecule has 1 aromatic carbocycles. The van der Waals surface area contributed by atoms with Crippen molar-refractivity contribution in [3.05, 3.63) is 35.4 Å². The number of carbonyl (C=O) groups is 1. The van der Waals surface area contributed by atoms with Gasteiger partial charge < -0.3 is 10.1 Å². The molecule has 1 saturated carbocycles. The van der Waals surface area contributed by atoms with E-state index in [0.29, 0.717) is 19.1 Å². The van der Waals surface area contributed by atoms with Crippen molar-refractivity contribution in [3.8, 4) is 0 Å². The van der Waals surface area contributed by atoms with Crippen molar-refractivity contribution < 1.29 is 9.53 Å². The van der Waals surface area contributed by atoms with E-state index in [1.807, 2.05) is 0 Å². The molecule has 120 valence electrons. The zero-order valence-corrected chi connectivity index (χ0v) is 13.4. The van der Waals surface area contributed by atoms with Crippen LogP contribution in [0, 0.1) is 6.92 Å². The molecule has 1 aliphatic heterocycles. The molecule has 1 unspecified atom stereocenters. The number of benzene rings is 1. The standard InChI is InChI=1S/C18H26N2O2/c1-14-4-6-15(7-5-14)12-20(16-8-9-16)13-18(21)19-11-17-3-2-10-22-17/h4-7,16-17H,2-3,8-13H2,1H3,(H,19,21). The van der Waals surface area contributed by atoms with Gasteiger partial charge in [-0.2, -0.15) is 0 Å². The molecule has 4 nitrogen and oxygen atoms in total. The molecule has 0 spiro atoms. The van der Waals surface area contributed by atoms with E-state index in [-0.39, 0.29) is 12.0 Å². The van der Waals surface area contributed by atoms with E-state index in [2.05, 4.69) is 41.4 Å². The number of rotatable bonds is 7. The zero-order chi connectivity index (χ0) is 15.4. The van der Waals surface area contributed by atoms with E-state index >= 15 is 0 Å². The molecule has 2 fully saturated rings. The van der Waals surface area contributed by atoms with Crippen molar-refractivity contribution in [1.82, 2.24) is 10.2 Å². The van der Waals surface area contributed by atoms with Gasteiger partial charge in [0.05, 0.1) is 12.6 Å². The molecular weight excluding hydrogens is 276 g/mol. The Morgan fingerprint density at radius 3 is 2.68 bits per heavy atom. The zero-order valence-electron chi connectivity index (χ0n) is 13.4. The van der Waals surface area contributed by atoms with Crippen LogP contribution in [0.5, 0.6) is 0 Å². The minimum absolute atomic E-state index is 0.120. The Morgan fingerprint density at radius 1 is 1.27 bits per heavy atom. The third-order valence-electron chi connectivity index (χ3n) is 4.47. The lowest BCUT2D eigenvalue weighted by Crippen LogP contribution is -2.40. The number of nitrogens with zero attached hydrogens (tertiary/aromatic N) is 1. The third-order valence-corrected chi connectivity index (χ3v) is 4.47. The summed E-state index contributed by atoms with van der Waals surface area (Å²) in [5.74, 6) is 0.120. The third kappa shape index (κ3) is 4.55. The van der Waals surface area contributed by atoms with Crippen LogP contribution in [-0.2, 0) is 16.1 Å². The van der Waals surface area contributed by atoms with Gasteiger partial charge in [0.25, 0.3) is 0 Å². The lowest BCUT2D eigenvalue weighted by molar-refractivity contribution is -0.123. The van der Waals surface area contributed by atoms with Crippen molar-refractivity contribution >= 4 is 5.91 Å². The van der Waals surface area contributed by atoms with E-state index in [4.69, 9.17) is 4.74 Å². The lowest BCUT2D eigenvalue weighted by atomic mass is 10.1. The van der Waals surface area contributed by atoms with Gasteiger partial charge in [0, 0.05) is 25.7 Å². The van der Waals surface area contributed by atoms with Crippen LogP contribution in [0.4, 0.5) is 0 Å². The molecule has 1 N–H and O–H groups in total. The first-order valence-electron chi connectivity index (χ1n) is 8.38. The van der Waals surface area contributed by atoms with Crippen molar-refractivity contribution in [2.75, 3.05) is 19.7 Å². The Morgan fingerprint density at radius 2 is 2.05 bits per heavy atom. The van der Waals surface area contributed by atoms with Gasteiger partial charge >= 0.3 is 0 Å². The van der Waals surface area contributed by atoms with Gasteiger partial charge in [0.15, 0.2) is 0 Å². The molecule has 1 heterocycles. The summed E-state index contributed by atoms with van der Waals surface area (Å²) in [5.41, 5.74) is 2.56. The molecule has 22 heavy (non-hydrogen) atoms. The Balaban J connectivity index is 1.48. The van der Waals surface area contributed by atoms with Crippen LogP contribution in [0.15, 0.2) is 24.3 Å². The van der Waals surface area contributed by atoms with Gasteiger partial charge in [-0.15, -0.1) is 0 Å². The highest BCUT2D eigenvalue weighted by atomic mass is 16.5. The summed E-state index contributed by atoms with van der Waals surface area (Å²) in [6.45, 7) is 4.94. The highest BCUT2D eigenvalue weighted by Gasteiger charge is 2.30. The fourth-order valence-electron chi connectivity index (χ4n) is 2.96. The van der Waals surface area contributed by atoms with E-state index < -0.39 is 0 Å². The van der Waals surface area contributed by atoms with Gasteiger partial charge in [0.2, 0.25) is 5.91 Å². The fraction of sp³-hybridized carbons (Fsp3) is 0.611. The fourth-order valence-corrected chi connectivity index (χ4v) is 2.96. The molecule has 4 heteroatoms. The number of nitrogens with one attached hydrogen (secondary N) is 1. The number of amides is 1. The molecule has 1 saturated heterocycles. The van der Waals surface area contributed by atoms with Crippen molar-refractivity contribution in [2.24, 2.45) is 0 Å². The number of hydrogen-bond donors (Lipinski definition) is 1. The second-order valence-electron chi connectivity index (χ2n) is 6.56. The molecule has 0 aromatic heterocycles. The van der Waals surface area contributed by atoms with Gasteiger partial charge in [-0.3, -0.25) is 9.69 Å². The van der Waals surface area contributed by atoms with E-state index in [1.165, 1.54) is 24.0 Å². The summed E-state index contributed by atoms with van der Waals surface area (Å²) in [7, 11) is 0. The number of carbonyl (C=O) groups excluding carboxylic acids is 1. The first kappa shape index (κ1) is 15.5. The molecule has 2 aliphatic rings. The summed E-state index contributed by atoms with van der Waals surface area (Å²) in [4.78, 5) is 14.5. The number of aryl methyl sites for hydroxylation is 1. The summed E-state index contributed by atoms with van der Waals surface area (Å²) in [5, 5.41) is 3.03. The van der Waals surface area contributed by atoms with Crippen molar-refractivity contribution in [3.63, 3.8) is 0 Å². The summed E-state index contributed by atoms with van der Waals surface area (Å²) in [6.07, 6.45) is 4.82. The van der Waals surface area contributed by atoms with Gasteiger partial charge in [-0.05, 0) is 38.2 Å². The highest BCUT2D eigenvalue weighted by Crippen LogP contribution is 2.28. The quantitative estimate of drug-likeness (QED) is 0.840. The van der Waals surface area contributed by atoms with E-state index in [1.54, 1.807) is 0 Å². The highest BCUT2D eigenvalue weighted by molar-refractivity contribution is 5.78. The summed E-state index contributed by atoms with van der Waals surface area (Å²) in [6, 6.07) is 9.18. The Hall–Kier alpha value is -1.39. The molecule has 1 aliphatic carbocycles. The smallest absolute Gasteiger partial charge is 0.234 e. The number of ether oxygens (including phenoxy) is 1. The molecule has 3 rings (SSSR count).